The molecule has 0 aromatic heterocycles. The molecule has 102 valence electrons. The van der Waals surface area contributed by atoms with Crippen LogP contribution in [0.3, 0.4) is 0 Å². The fourth-order valence-corrected chi connectivity index (χ4v) is 2.96. The topological polar surface area (TPSA) is 84.2 Å². The number of anilines is 1. The Hall–Kier alpha value is -1.24. The van der Waals surface area contributed by atoms with E-state index in [0.717, 1.165) is 18.1 Å². The molecule has 0 spiro atoms. The second-order valence-corrected chi connectivity index (χ2v) is 5.69. The van der Waals surface area contributed by atoms with Crippen LogP contribution >= 0.6 is 23.4 Å². The number of carbonyl (C=O) groups is 2. The lowest BCUT2D eigenvalue weighted by Crippen LogP contribution is -2.46. The molecule has 4 N–H and O–H groups in total. The summed E-state index contributed by atoms with van der Waals surface area (Å²) in [6, 6.07) is 4.44. The fraction of sp³-hybridized carbons (Fsp3) is 0.333. The first-order valence-corrected chi connectivity index (χ1v) is 7.32. The summed E-state index contributed by atoms with van der Waals surface area (Å²) in [5, 5.41) is 6.14. The third kappa shape index (κ3) is 3.62. The minimum absolute atomic E-state index is 0.102. The van der Waals surface area contributed by atoms with Crippen LogP contribution in [0.25, 0.3) is 0 Å². The zero-order chi connectivity index (χ0) is 13.8. The lowest BCUT2D eigenvalue weighted by molar-refractivity contribution is -0.117. The summed E-state index contributed by atoms with van der Waals surface area (Å²) >= 11 is 7.66. The van der Waals surface area contributed by atoms with Gasteiger partial charge < -0.3 is 16.4 Å². The minimum atomic E-state index is -0.590. The Kier molecular flexibility index (Phi) is 4.68. The number of primary amides is 1. The minimum Gasteiger partial charge on any atom is -0.366 e. The van der Waals surface area contributed by atoms with E-state index >= 15 is 0 Å². The first-order valence-electron chi connectivity index (χ1n) is 5.79. The van der Waals surface area contributed by atoms with Gasteiger partial charge in [-0.15, -0.1) is 0 Å². The Morgan fingerprint density at radius 1 is 1.47 bits per heavy atom. The highest BCUT2D eigenvalue weighted by Gasteiger charge is 2.21. The van der Waals surface area contributed by atoms with E-state index < -0.39 is 5.91 Å². The normalized spacial score (nSPS) is 18.9. The van der Waals surface area contributed by atoms with Crippen molar-refractivity contribution in [3.63, 3.8) is 0 Å². The van der Waals surface area contributed by atoms with Gasteiger partial charge in [-0.25, -0.2) is 0 Å². The van der Waals surface area contributed by atoms with Gasteiger partial charge in [0, 0.05) is 23.7 Å². The van der Waals surface area contributed by atoms with Crippen LogP contribution in [0.2, 0.25) is 5.02 Å². The summed E-state index contributed by atoms with van der Waals surface area (Å²) in [6.45, 7) is 0.824. The second kappa shape index (κ2) is 6.27. The van der Waals surface area contributed by atoms with Crippen molar-refractivity contribution in [3.05, 3.63) is 28.8 Å². The maximum Gasteiger partial charge on any atom is 0.250 e. The summed E-state index contributed by atoms with van der Waals surface area (Å²) in [5.74, 6) is 1.07. The molecule has 0 radical (unpaired) electrons. The van der Waals surface area contributed by atoms with Crippen LogP contribution in [0.5, 0.6) is 0 Å². The molecule has 2 amide bonds. The second-order valence-electron chi connectivity index (χ2n) is 4.13. The van der Waals surface area contributed by atoms with E-state index in [1.165, 1.54) is 12.1 Å². The molecule has 1 fully saturated rings. The molecule has 0 aliphatic carbocycles. The van der Waals surface area contributed by atoms with Crippen molar-refractivity contribution < 1.29 is 9.59 Å². The van der Waals surface area contributed by atoms with Gasteiger partial charge in [0.2, 0.25) is 11.8 Å². The molecule has 19 heavy (non-hydrogen) atoms. The number of rotatable bonds is 3. The van der Waals surface area contributed by atoms with E-state index in [2.05, 4.69) is 10.6 Å². The van der Waals surface area contributed by atoms with Gasteiger partial charge in [0.15, 0.2) is 0 Å². The van der Waals surface area contributed by atoms with E-state index in [4.69, 9.17) is 17.3 Å². The molecule has 1 heterocycles. The van der Waals surface area contributed by atoms with E-state index in [1.54, 1.807) is 17.8 Å². The number of carbonyl (C=O) groups excluding carboxylic acids is 2. The Labute approximate surface area is 120 Å². The molecule has 1 aromatic carbocycles. The van der Waals surface area contributed by atoms with Crippen molar-refractivity contribution in [2.75, 3.05) is 23.4 Å². The highest BCUT2D eigenvalue weighted by Crippen LogP contribution is 2.21. The predicted molar refractivity (Wildman–Crippen MR) is 77.7 cm³/mol. The van der Waals surface area contributed by atoms with Gasteiger partial charge in [-0.3, -0.25) is 9.59 Å². The van der Waals surface area contributed by atoms with Gasteiger partial charge in [0.05, 0.1) is 16.6 Å². The molecule has 2 rings (SSSR count). The average molecular weight is 300 g/mol. The Balaban J connectivity index is 2.04. The maximum absolute atomic E-state index is 12.0. The summed E-state index contributed by atoms with van der Waals surface area (Å²) in [5.41, 5.74) is 5.95. The Morgan fingerprint density at radius 2 is 2.26 bits per heavy atom. The highest BCUT2D eigenvalue weighted by atomic mass is 35.5. The highest BCUT2D eigenvalue weighted by molar-refractivity contribution is 7.99. The number of nitrogens with two attached hydrogens (primary N) is 1. The molecule has 0 bridgehead atoms. The van der Waals surface area contributed by atoms with Crippen LogP contribution in [-0.4, -0.2) is 35.9 Å². The number of thioether (sulfide) groups is 1. The lowest BCUT2D eigenvalue weighted by Gasteiger charge is -2.22. The third-order valence-corrected chi connectivity index (χ3v) is 4.11. The van der Waals surface area contributed by atoms with Gasteiger partial charge in [-0.2, -0.15) is 11.8 Å². The summed E-state index contributed by atoms with van der Waals surface area (Å²) in [6.07, 6.45) is 0. The molecular weight excluding hydrogens is 286 g/mol. The van der Waals surface area contributed by atoms with Crippen molar-refractivity contribution in [2.24, 2.45) is 5.73 Å². The zero-order valence-electron chi connectivity index (χ0n) is 10.1. The molecular formula is C12H14ClN3O2S. The molecule has 1 unspecified atom stereocenters. The average Bonchev–Trinajstić information content (AvgIpc) is 2.39. The summed E-state index contributed by atoms with van der Waals surface area (Å²) < 4.78 is 0. The Bertz CT molecular complexity index is 504. The Morgan fingerprint density at radius 3 is 2.84 bits per heavy atom. The van der Waals surface area contributed by atoms with Gasteiger partial charge >= 0.3 is 0 Å². The molecule has 1 saturated heterocycles. The monoisotopic (exact) mass is 299 g/mol. The molecule has 1 aliphatic rings. The number of nitrogens with one attached hydrogen (secondary N) is 2. The van der Waals surface area contributed by atoms with Gasteiger partial charge in [-0.05, 0) is 18.2 Å². The number of amides is 2. The summed E-state index contributed by atoms with van der Waals surface area (Å²) in [4.78, 5) is 23.0. The van der Waals surface area contributed by atoms with E-state index in [9.17, 15) is 9.59 Å². The first kappa shape index (κ1) is 14.2. The lowest BCUT2D eigenvalue weighted by atomic mass is 10.2. The van der Waals surface area contributed by atoms with E-state index in [1.807, 2.05) is 0 Å². The fourth-order valence-electron chi connectivity index (χ4n) is 1.76. The van der Waals surface area contributed by atoms with E-state index in [-0.39, 0.29) is 22.5 Å². The number of halogens is 1. The van der Waals surface area contributed by atoms with Crippen molar-refractivity contribution >= 4 is 40.9 Å². The van der Waals surface area contributed by atoms with Crippen LogP contribution in [0.15, 0.2) is 18.2 Å². The predicted octanol–water partition coefficient (Wildman–Crippen LogP) is 1.08. The zero-order valence-corrected chi connectivity index (χ0v) is 11.7. The molecule has 1 aliphatic heterocycles. The van der Waals surface area contributed by atoms with Crippen molar-refractivity contribution in [3.8, 4) is 0 Å². The molecule has 0 saturated carbocycles. The third-order valence-electron chi connectivity index (χ3n) is 2.74. The molecule has 1 atom stereocenters. The first-order chi connectivity index (χ1) is 9.08. The quantitative estimate of drug-likeness (QED) is 0.780. The summed E-state index contributed by atoms with van der Waals surface area (Å²) in [7, 11) is 0. The standard InChI is InChI=1S/C12H14ClN3O2S/c13-9-5-7(1-2-8(9)11(14)17)16-12(18)10-6-19-4-3-15-10/h1-2,5,10,15H,3-4,6H2,(H2,14,17)(H,16,18). The molecule has 1 aromatic rings. The molecule has 5 nitrogen and oxygen atoms in total. The van der Waals surface area contributed by atoms with Gasteiger partial charge in [0.1, 0.15) is 0 Å². The van der Waals surface area contributed by atoms with Crippen molar-refractivity contribution in [2.45, 2.75) is 6.04 Å². The van der Waals surface area contributed by atoms with E-state index in [0.29, 0.717) is 5.69 Å². The van der Waals surface area contributed by atoms with Gasteiger partial charge in [0.25, 0.3) is 0 Å². The maximum atomic E-state index is 12.0. The number of hydrogen-bond acceptors (Lipinski definition) is 4. The van der Waals surface area contributed by atoms with Crippen LogP contribution < -0.4 is 16.4 Å². The van der Waals surface area contributed by atoms with Crippen molar-refractivity contribution in [1.82, 2.24) is 5.32 Å². The smallest absolute Gasteiger partial charge is 0.250 e. The van der Waals surface area contributed by atoms with Crippen LogP contribution in [0.1, 0.15) is 10.4 Å². The van der Waals surface area contributed by atoms with Crippen LogP contribution in [0, 0.1) is 0 Å². The van der Waals surface area contributed by atoms with Crippen LogP contribution in [0.4, 0.5) is 5.69 Å². The molecule has 7 heteroatoms. The SMILES string of the molecule is NC(=O)c1ccc(NC(=O)C2CSCCN2)cc1Cl. The number of benzene rings is 1. The largest absolute Gasteiger partial charge is 0.366 e. The van der Waals surface area contributed by atoms with Gasteiger partial charge in [-0.1, -0.05) is 11.6 Å². The number of hydrogen-bond donors (Lipinski definition) is 3. The van der Waals surface area contributed by atoms with Crippen molar-refractivity contribution in [1.29, 1.82) is 0 Å². The van der Waals surface area contributed by atoms with Crippen LogP contribution in [-0.2, 0) is 4.79 Å².